The lowest BCUT2D eigenvalue weighted by molar-refractivity contribution is -0.146. The van der Waals surface area contributed by atoms with Gasteiger partial charge >= 0.3 is 12.1 Å². The molecule has 0 saturated heterocycles. The van der Waals surface area contributed by atoms with Crippen molar-refractivity contribution in [2.75, 3.05) is 0 Å². The maximum absolute atomic E-state index is 11.9. The van der Waals surface area contributed by atoms with E-state index in [9.17, 15) is 9.59 Å². The van der Waals surface area contributed by atoms with Crippen LogP contribution in [0, 0.1) is 0 Å². The van der Waals surface area contributed by atoms with Crippen LogP contribution in [0.1, 0.15) is 26.3 Å². The third kappa shape index (κ3) is 6.61. The molecule has 0 aliphatic carbocycles. The number of rotatable bonds is 5. The molecule has 1 aromatic carbocycles. The number of alkyl carbamates (subject to hydrolysis) is 1. The molecule has 1 amide bonds. The van der Waals surface area contributed by atoms with Crippen molar-refractivity contribution >= 4 is 12.1 Å². The summed E-state index contributed by atoms with van der Waals surface area (Å²) >= 11 is 0. The zero-order chi connectivity index (χ0) is 15.9. The first kappa shape index (κ1) is 16.8. The first-order chi connectivity index (χ1) is 9.81. The Morgan fingerprint density at radius 3 is 2.43 bits per heavy atom. The highest BCUT2D eigenvalue weighted by Gasteiger charge is 2.23. The van der Waals surface area contributed by atoms with Crippen molar-refractivity contribution < 1.29 is 19.1 Å². The van der Waals surface area contributed by atoms with Gasteiger partial charge in [-0.15, -0.1) is 6.58 Å². The first-order valence-electron chi connectivity index (χ1n) is 6.64. The van der Waals surface area contributed by atoms with E-state index in [1.807, 2.05) is 30.3 Å². The molecule has 21 heavy (non-hydrogen) atoms. The van der Waals surface area contributed by atoms with Crippen molar-refractivity contribution in [3.8, 4) is 0 Å². The number of hydrogen-bond acceptors (Lipinski definition) is 4. The van der Waals surface area contributed by atoms with Crippen molar-refractivity contribution in [1.29, 1.82) is 0 Å². The summed E-state index contributed by atoms with van der Waals surface area (Å²) in [6.07, 6.45) is 0.612. The van der Waals surface area contributed by atoms with Gasteiger partial charge in [0.15, 0.2) is 0 Å². The summed E-state index contributed by atoms with van der Waals surface area (Å²) < 4.78 is 10.2. The van der Waals surface area contributed by atoms with Crippen LogP contribution in [0.4, 0.5) is 4.79 Å². The minimum Gasteiger partial charge on any atom is -0.459 e. The van der Waals surface area contributed by atoms with Crippen molar-refractivity contribution in [2.45, 2.75) is 39.0 Å². The molecular weight excluding hydrogens is 270 g/mol. The highest BCUT2D eigenvalue weighted by Crippen LogP contribution is 2.07. The summed E-state index contributed by atoms with van der Waals surface area (Å²) in [7, 11) is 0. The fourth-order valence-electron chi connectivity index (χ4n) is 1.47. The Labute approximate surface area is 124 Å². The largest absolute Gasteiger partial charge is 0.459 e. The summed E-state index contributed by atoms with van der Waals surface area (Å²) in [5, 5.41) is 2.41. The van der Waals surface area contributed by atoms with Crippen LogP contribution in [-0.2, 0) is 20.9 Å². The minimum absolute atomic E-state index is 0.139. The third-order valence-corrected chi connectivity index (χ3v) is 2.39. The van der Waals surface area contributed by atoms with Crippen LogP contribution in [-0.4, -0.2) is 23.7 Å². The van der Waals surface area contributed by atoms with Crippen LogP contribution in [0.2, 0.25) is 0 Å². The van der Waals surface area contributed by atoms with Gasteiger partial charge in [-0.2, -0.15) is 0 Å². The number of nitrogens with one attached hydrogen (secondary N) is 1. The fourth-order valence-corrected chi connectivity index (χ4v) is 1.47. The van der Waals surface area contributed by atoms with E-state index in [4.69, 9.17) is 9.47 Å². The van der Waals surface area contributed by atoms with Crippen molar-refractivity contribution in [2.24, 2.45) is 0 Å². The number of carbonyl (C=O) groups is 2. The van der Waals surface area contributed by atoms with Gasteiger partial charge in [0, 0.05) is 0 Å². The molecule has 0 aliphatic rings. The summed E-state index contributed by atoms with van der Waals surface area (Å²) in [5.41, 5.74) is 0.231. The van der Waals surface area contributed by atoms with Gasteiger partial charge in [0.25, 0.3) is 0 Å². The predicted octanol–water partition coefficient (Wildman–Crippen LogP) is 2.81. The lowest BCUT2D eigenvalue weighted by atomic mass is 10.2. The summed E-state index contributed by atoms with van der Waals surface area (Å²) in [6.45, 7) is 8.87. The van der Waals surface area contributed by atoms with Gasteiger partial charge in [0.05, 0.1) is 0 Å². The highest BCUT2D eigenvalue weighted by atomic mass is 16.6. The Balaban J connectivity index is 2.50. The molecule has 0 fully saturated rings. The van der Waals surface area contributed by atoms with E-state index < -0.39 is 23.7 Å². The number of carbonyl (C=O) groups excluding carboxylic acids is 2. The van der Waals surface area contributed by atoms with Crippen molar-refractivity contribution in [1.82, 2.24) is 5.32 Å². The van der Waals surface area contributed by atoms with E-state index in [0.29, 0.717) is 0 Å². The second-order valence-corrected chi connectivity index (χ2v) is 5.45. The van der Waals surface area contributed by atoms with Crippen molar-refractivity contribution in [3.63, 3.8) is 0 Å². The molecule has 1 N–H and O–H groups in total. The molecule has 1 rings (SSSR count). The number of benzene rings is 1. The molecule has 1 unspecified atom stereocenters. The standard InChI is InChI=1S/C16H21NO4/c1-5-13(17-15(19)21-16(2,3)4)14(18)20-11-12-9-7-6-8-10-12/h5-10,13H,1,11H2,2-4H3,(H,17,19). The fraction of sp³-hybridized carbons (Fsp3) is 0.375. The second-order valence-electron chi connectivity index (χ2n) is 5.45. The molecule has 0 bridgehead atoms. The molecule has 0 spiro atoms. The van der Waals surface area contributed by atoms with Gasteiger partial charge in [-0.25, -0.2) is 9.59 Å². The minimum atomic E-state index is -0.941. The molecule has 5 heteroatoms. The van der Waals surface area contributed by atoms with Gasteiger partial charge in [-0.1, -0.05) is 36.4 Å². The average molecular weight is 291 g/mol. The highest BCUT2D eigenvalue weighted by molar-refractivity contribution is 5.83. The number of ether oxygens (including phenoxy) is 2. The van der Waals surface area contributed by atoms with Gasteiger partial charge in [-0.3, -0.25) is 0 Å². The number of hydrogen-bond donors (Lipinski definition) is 1. The maximum Gasteiger partial charge on any atom is 0.408 e. The average Bonchev–Trinajstić information content (AvgIpc) is 2.41. The van der Waals surface area contributed by atoms with E-state index in [0.717, 1.165) is 5.56 Å². The van der Waals surface area contributed by atoms with Crippen LogP contribution in [0.25, 0.3) is 0 Å². The lowest BCUT2D eigenvalue weighted by Gasteiger charge is -2.21. The van der Waals surface area contributed by atoms with E-state index >= 15 is 0 Å². The van der Waals surface area contributed by atoms with E-state index in [2.05, 4.69) is 11.9 Å². The van der Waals surface area contributed by atoms with Crippen LogP contribution in [0.15, 0.2) is 43.0 Å². The topological polar surface area (TPSA) is 64.6 Å². The zero-order valence-corrected chi connectivity index (χ0v) is 12.6. The lowest BCUT2D eigenvalue weighted by Crippen LogP contribution is -2.43. The van der Waals surface area contributed by atoms with Crippen LogP contribution >= 0.6 is 0 Å². The van der Waals surface area contributed by atoms with Crippen LogP contribution in [0.3, 0.4) is 0 Å². The Bertz CT molecular complexity index is 491. The van der Waals surface area contributed by atoms with E-state index in [1.54, 1.807) is 20.8 Å². The van der Waals surface area contributed by atoms with Gasteiger partial charge in [-0.05, 0) is 26.3 Å². The number of esters is 1. The van der Waals surface area contributed by atoms with Crippen LogP contribution < -0.4 is 5.32 Å². The Kier molecular flexibility index (Phi) is 5.96. The normalized spacial score (nSPS) is 12.1. The third-order valence-electron chi connectivity index (χ3n) is 2.39. The Morgan fingerprint density at radius 1 is 1.29 bits per heavy atom. The molecule has 0 aliphatic heterocycles. The molecule has 0 aromatic heterocycles. The van der Waals surface area contributed by atoms with E-state index in [-0.39, 0.29) is 6.61 Å². The molecule has 0 radical (unpaired) electrons. The van der Waals surface area contributed by atoms with Crippen LogP contribution in [0.5, 0.6) is 0 Å². The Hall–Kier alpha value is -2.30. The van der Waals surface area contributed by atoms with Crippen molar-refractivity contribution in [3.05, 3.63) is 48.6 Å². The molecule has 1 aromatic rings. The first-order valence-corrected chi connectivity index (χ1v) is 6.64. The van der Waals surface area contributed by atoms with Gasteiger partial charge in [0.2, 0.25) is 0 Å². The van der Waals surface area contributed by atoms with E-state index in [1.165, 1.54) is 6.08 Å². The quantitative estimate of drug-likeness (QED) is 0.669. The predicted molar refractivity (Wildman–Crippen MR) is 79.6 cm³/mol. The second kappa shape index (κ2) is 7.47. The molecule has 0 saturated carbocycles. The molecule has 114 valence electrons. The van der Waals surface area contributed by atoms with Gasteiger partial charge in [0.1, 0.15) is 18.2 Å². The summed E-state index contributed by atoms with van der Waals surface area (Å²) in [4.78, 5) is 23.5. The summed E-state index contributed by atoms with van der Waals surface area (Å²) in [6, 6.07) is 8.33. The zero-order valence-electron chi connectivity index (χ0n) is 12.6. The molecule has 0 heterocycles. The molecular formula is C16H21NO4. The Morgan fingerprint density at radius 2 is 1.90 bits per heavy atom. The molecule has 5 nitrogen and oxygen atoms in total. The molecule has 1 atom stereocenters. The SMILES string of the molecule is C=CC(NC(=O)OC(C)(C)C)C(=O)OCc1ccccc1. The monoisotopic (exact) mass is 291 g/mol. The maximum atomic E-state index is 11.9. The van der Waals surface area contributed by atoms with Gasteiger partial charge < -0.3 is 14.8 Å². The smallest absolute Gasteiger partial charge is 0.408 e. The number of amides is 1. The summed E-state index contributed by atoms with van der Waals surface area (Å²) in [5.74, 6) is -0.584.